The number of carbonyl (C=O) groups is 1. The van der Waals surface area contributed by atoms with Gasteiger partial charge < -0.3 is 5.32 Å². The van der Waals surface area contributed by atoms with E-state index in [1.165, 1.54) is 12.1 Å². The average Bonchev–Trinajstić information content (AvgIpc) is 3.34. The second-order valence-electron chi connectivity index (χ2n) is 5.96. The van der Waals surface area contributed by atoms with Crippen molar-refractivity contribution in [1.82, 2.24) is 4.72 Å². The molecule has 2 aromatic carbocycles. The summed E-state index contributed by atoms with van der Waals surface area (Å²) in [5.74, 6) is -0.378. The van der Waals surface area contributed by atoms with E-state index in [4.69, 9.17) is 0 Å². The van der Waals surface area contributed by atoms with Crippen LogP contribution < -0.4 is 10.0 Å². The molecule has 1 fully saturated rings. The molecule has 0 saturated heterocycles. The molecule has 3 rings (SSSR count). The summed E-state index contributed by atoms with van der Waals surface area (Å²) in [6, 6.07) is 9.91. The number of carbonyl (C=O) groups excluding carboxylic acids is 1. The number of halogens is 2. The highest BCUT2D eigenvalue weighted by atomic mass is 79.9. The van der Waals surface area contributed by atoms with Gasteiger partial charge in [0.15, 0.2) is 0 Å². The molecule has 0 unspecified atom stereocenters. The van der Waals surface area contributed by atoms with Crippen LogP contribution in [0, 0.1) is 6.92 Å². The van der Waals surface area contributed by atoms with Crippen molar-refractivity contribution < 1.29 is 13.2 Å². The first-order valence-corrected chi connectivity index (χ1v) is 10.7. The van der Waals surface area contributed by atoms with Crippen molar-refractivity contribution in [3.63, 3.8) is 0 Å². The summed E-state index contributed by atoms with van der Waals surface area (Å²) < 4.78 is 28.8. The Balaban J connectivity index is 1.86. The lowest BCUT2D eigenvalue weighted by atomic mass is 10.2. The molecule has 2 aromatic rings. The highest BCUT2D eigenvalue weighted by molar-refractivity contribution is 9.10. The van der Waals surface area contributed by atoms with Crippen molar-refractivity contribution in [3.05, 3.63) is 56.5 Å². The van der Waals surface area contributed by atoms with Crippen LogP contribution in [0.2, 0.25) is 0 Å². The van der Waals surface area contributed by atoms with Crippen molar-refractivity contribution in [2.45, 2.75) is 30.7 Å². The molecule has 5 nitrogen and oxygen atoms in total. The molecule has 0 aliphatic heterocycles. The Kier molecular flexibility index (Phi) is 5.34. The van der Waals surface area contributed by atoms with E-state index in [9.17, 15) is 13.2 Å². The summed E-state index contributed by atoms with van der Waals surface area (Å²) in [5.41, 5.74) is 1.89. The molecular formula is C17H16Br2N2O3S. The highest BCUT2D eigenvalue weighted by Crippen LogP contribution is 2.26. The van der Waals surface area contributed by atoms with Gasteiger partial charge in [0, 0.05) is 20.7 Å². The fourth-order valence-electron chi connectivity index (χ4n) is 2.26. The molecular weight excluding hydrogens is 472 g/mol. The largest absolute Gasteiger partial charge is 0.322 e. The van der Waals surface area contributed by atoms with Gasteiger partial charge in [-0.2, -0.15) is 0 Å². The number of amides is 1. The SMILES string of the molecule is Cc1cc(NC(=O)c2cc(S(=O)(=O)NC3CC3)ccc2Br)ccc1Br. The fraction of sp³-hybridized carbons (Fsp3) is 0.235. The van der Waals surface area contributed by atoms with E-state index in [0.29, 0.717) is 10.2 Å². The Hall–Kier alpha value is -1.22. The van der Waals surface area contributed by atoms with Gasteiger partial charge in [-0.3, -0.25) is 4.79 Å². The molecule has 1 aliphatic rings. The molecule has 0 radical (unpaired) electrons. The molecule has 132 valence electrons. The van der Waals surface area contributed by atoms with Gasteiger partial charge >= 0.3 is 0 Å². The van der Waals surface area contributed by atoms with E-state index in [-0.39, 0.29) is 22.4 Å². The van der Waals surface area contributed by atoms with Crippen LogP contribution in [0.5, 0.6) is 0 Å². The van der Waals surface area contributed by atoms with Crippen molar-refractivity contribution in [3.8, 4) is 0 Å². The van der Waals surface area contributed by atoms with Gasteiger partial charge in [0.25, 0.3) is 5.91 Å². The van der Waals surface area contributed by atoms with Crippen LogP contribution in [0.15, 0.2) is 50.2 Å². The summed E-state index contributed by atoms with van der Waals surface area (Å²) in [6.07, 6.45) is 1.71. The Bertz CT molecular complexity index is 941. The summed E-state index contributed by atoms with van der Waals surface area (Å²) in [5, 5.41) is 2.79. The zero-order chi connectivity index (χ0) is 18.2. The van der Waals surface area contributed by atoms with Gasteiger partial charge in [0.05, 0.1) is 10.5 Å². The number of anilines is 1. The maximum absolute atomic E-state index is 12.6. The molecule has 0 aromatic heterocycles. The molecule has 25 heavy (non-hydrogen) atoms. The van der Waals surface area contributed by atoms with Crippen LogP contribution in [-0.2, 0) is 10.0 Å². The number of benzene rings is 2. The normalized spacial score (nSPS) is 14.4. The summed E-state index contributed by atoms with van der Waals surface area (Å²) in [6.45, 7) is 1.92. The van der Waals surface area contributed by atoms with Crippen molar-refractivity contribution in [1.29, 1.82) is 0 Å². The van der Waals surface area contributed by atoms with E-state index in [1.54, 1.807) is 12.1 Å². The third-order valence-corrected chi connectivity index (χ3v) is 6.91. The standard InChI is InChI=1S/C17H16Br2N2O3S/c1-10-8-12(4-6-15(10)18)20-17(22)14-9-13(5-7-16(14)19)25(23,24)21-11-2-3-11/h4-9,11,21H,2-3H2,1H3,(H,20,22). The lowest BCUT2D eigenvalue weighted by molar-refractivity contribution is 0.102. The van der Waals surface area contributed by atoms with Gasteiger partial charge in [-0.1, -0.05) is 15.9 Å². The summed E-state index contributed by atoms with van der Waals surface area (Å²) in [4.78, 5) is 12.7. The van der Waals surface area contributed by atoms with Crippen molar-refractivity contribution in [2.75, 3.05) is 5.32 Å². The predicted molar refractivity (Wildman–Crippen MR) is 104 cm³/mol. The van der Waals surface area contributed by atoms with Crippen LogP contribution in [0.4, 0.5) is 5.69 Å². The molecule has 0 bridgehead atoms. The zero-order valence-electron chi connectivity index (χ0n) is 13.3. The second-order valence-corrected chi connectivity index (χ2v) is 9.38. The Morgan fingerprint density at radius 3 is 2.40 bits per heavy atom. The van der Waals surface area contributed by atoms with Gasteiger partial charge in [0.2, 0.25) is 10.0 Å². The van der Waals surface area contributed by atoms with Gasteiger partial charge in [-0.05, 0) is 77.7 Å². The van der Waals surface area contributed by atoms with Gasteiger partial charge in [-0.25, -0.2) is 13.1 Å². The molecule has 0 atom stereocenters. The highest BCUT2D eigenvalue weighted by Gasteiger charge is 2.28. The summed E-state index contributed by atoms with van der Waals surface area (Å²) in [7, 11) is -3.61. The third kappa shape index (κ3) is 4.49. The number of rotatable bonds is 5. The third-order valence-electron chi connectivity index (χ3n) is 3.81. The molecule has 2 N–H and O–H groups in total. The monoisotopic (exact) mass is 486 g/mol. The Labute approximate surface area is 163 Å². The number of nitrogens with one attached hydrogen (secondary N) is 2. The Morgan fingerprint density at radius 1 is 1.08 bits per heavy atom. The molecule has 1 saturated carbocycles. The molecule has 1 aliphatic carbocycles. The summed E-state index contributed by atoms with van der Waals surface area (Å²) >= 11 is 6.73. The Morgan fingerprint density at radius 2 is 1.76 bits per heavy atom. The number of hydrogen-bond acceptors (Lipinski definition) is 3. The first kappa shape index (κ1) is 18.6. The van der Waals surface area contributed by atoms with E-state index in [2.05, 4.69) is 41.9 Å². The van der Waals surface area contributed by atoms with Crippen LogP contribution in [-0.4, -0.2) is 20.4 Å². The minimum Gasteiger partial charge on any atom is -0.322 e. The maximum atomic E-state index is 12.6. The lowest BCUT2D eigenvalue weighted by Gasteiger charge is -2.11. The fourth-order valence-corrected chi connectivity index (χ4v) is 4.26. The van der Waals surface area contributed by atoms with Crippen LogP contribution in [0.1, 0.15) is 28.8 Å². The minimum absolute atomic E-state index is 0.0108. The quantitative estimate of drug-likeness (QED) is 0.663. The zero-order valence-corrected chi connectivity index (χ0v) is 17.3. The van der Waals surface area contributed by atoms with Crippen LogP contribution in [0.25, 0.3) is 0 Å². The topological polar surface area (TPSA) is 75.3 Å². The van der Waals surface area contributed by atoms with Gasteiger partial charge in [-0.15, -0.1) is 0 Å². The number of sulfonamides is 1. The molecule has 8 heteroatoms. The predicted octanol–water partition coefficient (Wildman–Crippen LogP) is 4.21. The number of aryl methyl sites for hydroxylation is 1. The van der Waals surface area contributed by atoms with Crippen molar-refractivity contribution in [2.24, 2.45) is 0 Å². The van der Waals surface area contributed by atoms with Crippen molar-refractivity contribution >= 4 is 53.5 Å². The smallest absolute Gasteiger partial charge is 0.256 e. The first-order valence-electron chi connectivity index (χ1n) is 7.65. The molecule has 0 heterocycles. The first-order chi connectivity index (χ1) is 11.8. The molecule has 1 amide bonds. The minimum atomic E-state index is -3.61. The van der Waals surface area contributed by atoms with E-state index in [1.807, 2.05) is 19.1 Å². The van der Waals surface area contributed by atoms with E-state index < -0.39 is 10.0 Å². The maximum Gasteiger partial charge on any atom is 0.256 e. The van der Waals surface area contributed by atoms with Crippen LogP contribution >= 0.6 is 31.9 Å². The lowest BCUT2D eigenvalue weighted by Crippen LogP contribution is -2.26. The molecule has 0 spiro atoms. The van der Waals surface area contributed by atoms with E-state index in [0.717, 1.165) is 22.9 Å². The average molecular weight is 488 g/mol. The van der Waals surface area contributed by atoms with Crippen LogP contribution in [0.3, 0.4) is 0 Å². The number of hydrogen-bond donors (Lipinski definition) is 2. The van der Waals surface area contributed by atoms with E-state index >= 15 is 0 Å². The second kappa shape index (κ2) is 7.19. The van der Waals surface area contributed by atoms with Gasteiger partial charge in [0.1, 0.15) is 0 Å².